The lowest BCUT2D eigenvalue weighted by molar-refractivity contribution is 0.0733. The lowest BCUT2D eigenvalue weighted by atomic mass is 9.86. The average molecular weight is 293 g/mol. The largest absolute Gasteiger partial charge is 0.423 e. The van der Waals surface area contributed by atoms with E-state index in [0.29, 0.717) is 16.9 Å². The van der Waals surface area contributed by atoms with E-state index in [1.54, 1.807) is 24.3 Å². The predicted octanol–water partition coefficient (Wildman–Crippen LogP) is 4.38. The van der Waals surface area contributed by atoms with Crippen LogP contribution in [0.15, 0.2) is 42.5 Å². The highest BCUT2D eigenvalue weighted by Crippen LogP contribution is 2.28. The zero-order chi connectivity index (χ0) is 16.3. The molecular weight excluding hydrogens is 274 g/mol. The molecule has 2 rings (SSSR count). The highest BCUT2D eigenvalue weighted by atomic mass is 16.5. The summed E-state index contributed by atoms with van der Waals surface area (Å²) < 4.78 is 5.45. The number of carbonyl (C=O) groups excluding carboxylic acids is 1. The Kier molecular flexibility index (Phi) is 4.32. The molecule has 0 saturated carbocycles. The van der Waals surface area contributed by atoms with Crippen molar-refractivity contribution in [3.63, 3.8) is 0 Å². The first kappa shape index (κ1) is 15.8. The van der Waals surface area contributed by atoms with Crippen molar-refractivity contribution in [3.05, 3.63) is 64.7 Å². The van der Waals surface area contributed by atoms with Crippen LogP contribution in [0.1, 0.15) is 47.8 Å². The smallest absolute Gasteiger partial charge is 0.343 e. The third-order valence-corrected chi connectivity index (χ3v) is 3.49. The molecule has 3 heteroatoms. The monoisotopic (exact) mass is 293 g/mol. The molecular formula is C19H19NO2. The number of carbonyl (C=O) groups is 1. The van der Waals surface area contributed by atoms with Crippen LogP contribution in [0.25, 0.3) is 0 Å². The number of nitrogens with zero attached hydrogens (tertiary/aromatic N) is 1. The van der Waals surface area contributed by atoms with Crippen molar-refractivity contribution in [1.82, 2.24) is 0 Å². The van der Waals surface area contributed by atoms with Crippen molar-refractivity contribution in [2.75, 3.05) is 0 Å². The Morgan fingerprint density at radius 1 is 1.09 bits per heavy atom. The number of aryl methyl sites for hydroxylation is 1. The fraction of sp³-hybridized carbons (Fsp3) is 0.263. The van der Waals surface area contributed by atoms with Gasteiger partial charge < -0.3 is 4.74 Å². The van der Waals surface area contributed by atoms with Gasteiger partial charge in [-0.15, -0.1) is 0 Å². The van der Waals surface area contributed by atoms with Crippen molar-refractivity contribution in [2.24, 2.45) is 0 Å². The Bertz CT molecular complexity index is 732. The first-order chi connectivity index (χ1) is 10.3. The highest BCUT2D eigenvalue weighted by molar-refractivity contribution is 5.91. The van der Waals surface area contributed by atoms with Crippen LogP contribution >= 0.6 is 0 Å². The van der Waals surface area contributed by atoms with Gasteiger partial charge in [-0.25, -0.2) is 4.79 Å². The summed E-state index contributed by atoms with van der Waals surface area (Å²) in [5.41, 5.74) is 3.12. The molecule has 0 unspecified atom stereocenters. The summed E-state index contributed by atoms with van der Waals surface area (Å²) >= 11 is 0. The van der Waals surface area contributed by atoms with Gasteiger partial charge in [0.15, 0.2) is 0 Å². The van der Waals surface area contributed by atoms with Crippen LogP contribution in [0.3, 0.4) is 0 Å². The van der Waals surface area contributed by atoms with Crippen LogP contribution in [-0.4, -0.2) is 5.97 Å². The quantitative estimate of drug-likeness (QED) is 0.609. The standard InChI is InChI=1S/C19H19NO2/c1-13-11-16(19(2,3)4)9-10-17(13)22-18(21)15-7-5-14(12-20)6-8-15/h5-11H,1-4H3. The van der Waals surface area contributed by atoms with Crippen molar-refractivity contribution < 1.29 is 9.53 Å². The fourth-order valence-electron chi connectivity index (χ4n) is 2.07. The van der Waals surface area contributed by atoms with Gasteiger partial charge in [-0.05, 0) is 53.8 Å². The molecule has 0 aromatic heterocycles. The molecule has 0 atom stereocenters. The first-order valence-electron chi connectivity index (χ1n) is 7.15. The molecule has 112 valence electrons. The zero-order valence-electron chi connectivity index (χ0n) is 13.3. The minimum absolute atomic E-state index is 0.0560. The van der Waals surface area contributed by atoms with Crippen molar-refractivity contribution in [2.45, 2.75) is 33.1 Å². The fourth-order valence-corrected chi connectivity index (χ4v) is 2.07. The van der Waals surface area contributed by atoms with Crippen LogP contribution in [0.2, 0.25) is 0 Å². The molecule has 22 heavy (non-hydrogen) atoms. The molecule has 0 N–H and O–H groups in total. The van der Waals surface area contributed by atoms with Gasteiger partial charge in [-0.1, -0.05) is 32.9 Å². The maximum absolute atomic E-state index is 12.1. The van der Waals surface area contributed by atoms with Gasteiger partial charge in [0.05, 0.1) is 17.2 Å². The molecule has 2 aromatic rings. The van der Waals surface area contributed by atoms with E-state index >= 15 is 0 Å². The van der Waals surface area contributed by atoms with Crippen LogP contribution in [0.4, 0.5) is 0 Å². The number of benzene rings is 2. The zero-order valence-corrected chi connectivity index (χ0v) is 13.3. The normalized spacial score (nSPS) is 10.9. The summed E-state index contributed by atoms with van der Waals surface area (Å²) in [7, 11) is 0. The van der Waals surface area contributed by atoms with Crippen LogP contribution in [-0.2, 0) is 5.41 Å². The summed E-state index contributed by atoms with van der Waals surface area (Å²) in [4.78, 5) is 12.1. The molecule has 2 aromatic carbocycles. The van der Waals surface area contributed by atoms with E-state index in [4.69, 9.17) is 10.00 Å². The number of nitriles is 1. The molecule has 0 bridgehead atoms. The third-order valence-electron chi connectivity index (χ3n) is 3.49. The Hall–Kier alpha value is -2.60. The molecule has 0 aliphatic rings. The van der Waals surface area contributed by atoms with Crippen LogP contribution in [0, 0.1) is 18.3 Å². The summed E-state index contributed by atoms with van der Waals surface area (Å²) in [6.45, 7) is 8.36. The lowest BCUT2D eigenvalue weighted by Crippen LogP contribution is -2.13. The Balaban J connectivity index is 2.19. The van der Waals surface area contributed by atoms with Gasteiger partial charge in [0, 0.05) is 0 Å². The maximum Gasteiger partial charge on any atom is 0.343 e. The Morgan fingerprint density at radius 2 is 1.73 bits per heavy atom. The van der Waals surface area contributed by atoms with Crippen LogP contribution < -0.4 is 4.74 Å². The SMILES string of the molecule is Cc1cc(C(C)(C)C)ccc1OC(=O)c1ccc(C#N)cc1. The second-order valence-corrected chi connectivity index (χ2v) is 6.31. The second kappa shape index (κ2) is 6.03. The van der Waals surface area contributed by atoms with E-state index in [9.17, 15) is 4.79 Å². The first-order valence-corrected chi connectivity index (χ1v) is 7.15. The van der Waals surface area contributed by atoms with E-state index in [0.717, 1.165) is 5.56 Å². The summed E-state index contributed by atoms with van der Waals surface area (Å²) in [6, 6.07) is 14.3. The number of ether oxygens (including phenoxy) is 1. The van der Waals surface area contributed by atoms with Crippen molar-refractivity contribution in [3.8, 4) is 11.8 Å². The molecule has 0 saturated heterocycles. The topological polar surface area (TPSA) is 50.1 Å². The molecule has 0 heterocycles. The van der Waals surface area contributed by atoms with E-state index in [1.807, 2.05) is 31.2 Å². The molecule has 0 spiro atoms. The van der Waals surface area contributed by atoms with E-state index < -0.39 is 5.97 Å². The van der Waals surface area contributed by atoms with Gasteiger partial charge >= 0.3 is 5.97 Å². The number of hydrogen-bond donors (Lipinski definition) is 0. The van der Waals surface area contributed by atoms with E-state index in [1.165, 1.54) is 5.56 Å². The molecule has 0 aliphatic carbocycles. The van der Waals surface area contributed by atoms with Gasteiger partial charge in [0.25, 0.3) is 0 Å². The molecule has 0 aliphatic heterocycles. The third kappa shape index (κ3) is 3.53. The lowest BCUT2D eigenvalue weighted by Gasteiger charge is -2.20. The average Bonchev–Trinajstić information content (AvgIpc) is 2.48. The Morgan fingerprint density at radius 3 is 2.23 bits per heavy atom. The minimum Gasteiger partial charge on any atom is -0.423 e. The molecule has 0 amide bonds. The predicted molar refractivity (Wildman–Crippen MR) is 86.0 cm³/mol. The van der Waals surface area contributed by atoms with Gasteiger partial charge in [-0.3, -0.25) is 0 Å². The molecule has 3 nitrogen and oxygen atoms in total. The summed E-state index contributed by atoms with van der Waals surface area (Å²) in [5.74, 6) is 0.137. The number of hydrogen-bond acceptors (Lipinski definition) is 3. The van der Waals surface area contributed by atoms with E-state index in [-0.39, 0.29) is 5.41 Å². The van der Waals surface area contributed by atoms with Gasteiger partial charge in [-0.2, -0.15) is 5.26 Å². The van der Waals surface area contributed by atoms with Crippen molar-refractivity contribution in [1.29, 1.82) is 5.26 Å². The number of esters is 1. The van der Waals surface area contributed by atoms with Crippen LogP contribution in [0.5, 0.6) is 5.75 Å². The minimum atomic E-state index is -0.420. The molecule has 0 radical (unpaired) electrons. The van der Waals surface area contributed by atoms with Crippen molar-refractivity contribution >= 4 is 5.97 Å². The summed E-state index contributed by atoms with van der Waals surface area (Å²) in [6.07, 6.45) is 0. The Labute approximate surface area is 131 Å². The molecule has 0 fully saturated rings. The second-order valence-electron chi connectivity index (χ2n) is 6.31. The van der Waals surface area contributed by atoms with E-state index in [2.05, 4.69) is 20.8 Å². The highest BCUT2D eigenvalue weighted by Gasteiger charge is 2.16. The van der Waals surface area contributed by atoms with Gasteiger partial charge in [0.1, 0.15) is 5.75 Å². The van der Waals surface area contributed by atoms with Gasteiger partial charge in [0.2, 0.25) is 0 Å². The number of rotatable bonds is 2. The maximum atomic E-state index is 12.1. The summed E-state index contributed by atoms with van der Waals surface area (Å²) in [5, 5.41) is 8.76.